The molecule has 0 aromatic heterocycles. The first-order valence-corrected chi connectivity index (χ1v) is 7.97. The molecule has 0 aliphatic carbocycles. The third-order valence-electron chi connectivity index (χ3n) is 4.10. The van der Waals surface area contributed by atoms with Crippen LogP contribution in [-0.2, 0) is 0 Å². The molecule has 0 saturated heterocycles. The number of hydrogen-bond acceptors (Lipinski definition) is 4. The van der Waals surface area contributed by atoms with Crippen LogP contribution in [-0.4, -0.2) is 20.5 Å². The SMILES string of the molecule is CCOc1ccc(C(CC)c2cc3c(cc2OC)OCO3)cc1. The molecule has 1 aliphatic heterocycles. The average Bonchev–Trinajstić information content (AvgIpc) is 3.04. The van der Waals surface area contributed by atoms with Gasteiger partial charge in [0.1, 0.15) is 11.5 Å². The summed E-state index contributed by atoms with van der Waals surface area (Å²) in [4.78, 5) is 0. The van der Waals surface area contributed by atoms with Crippen molar-refractivity contribution in [3.63, 3.8) is 0 Å². The smallest absolute Gasteiger partial charge is 0.231 e. The Kier molecular flexibility index (Phi) is 4.60. The molecule has 1 unspecified atom stereocenters. The maximum absolute atomic E-state index is 5.58. The number of ether oxygens (including phenoxy) is 4. The molecule has 1 aliphatic rings. The van der Waals surface area contributed by atoms with Crippen LogP contribution in [0, 0.1) is 0 Å². The van der Waals surface area contributed by atoms with Gasteiger partial charge in [-0.15, -0.1) is 0 Å². The molecular weight excluding hydrogens is 292 g/mol. The number of methoxy groups -OCH3 is 1. The van der Waals surface area contributed by atoms with Gasteiger partial charge in [-0.25, -0.2) is 0 Å². The summed E-state index contributed by atoms with van der Waals surface area (Å²) in [6, 6.07) is 12.2. The first-order valence-electron chi connectivity index (χ1n) is 7.97. The largest absolute Gasteiger partial charge is 0.496 e. The lowest BCUT2D eigenvalue weighted by Crippen LogP contribution is -2.03. The Labute approximate surface area is 136 Å². The Morgan fingerprint density at radius 3 is 2.35 bits per heavy atom. The van der Waals surface area contributed by atoms with Gasteiger partial charge in [0.25, 0.3) is 0 Å². The van der Waals surface area contributed by atoms with Crippen molar-refractivity contribution in [3.05, 3.63) is 47.5 Å². The quantitative estimate of drug-likeness (QED) is 0.793. The summed E-state index contributed by atoms with van der Waals surface area (Å²) in [7, 11) is 1.69. The molecule has 0 radical (unpaired) electrons. The molecule has 4 nitrogen and oxygen atoms in total. The minimum Gasteiger partial charge on any atom is -0.496 e. The number of rotatable bonds is 6. The van der Waals surface area contributed by atoms with Crippen LogP contribution in [0.25, 0.3) is 0 Å². The fraction of sp³-hybridized carbons (Fsp3) is 0.368. The fourth-order valence-corrected chi connectivity index (χ4v) is 2.99. The zero-order chi connectivity index (χ0) is 16.2. The lowest BCUT2D eigenvalue weighted by molar-refractivity contribution is 0.174. The van der Waals surface area contributed by atoms with Crippen LogP contribution in [0.5, 0.6) is 23.0 Å². The molecule has 3 rings (SSSR count). The average molecular weight is 314 g/mol. The van der Waals surface area contributed by atoms with Crippen molar-refractivity contribution in [2.75, 3.05) is 20.5 Å². The van der Waals surface area contributed by atoms with Gasteiger partial charge >= 0.3 is 0 Å². The summed E-state index contributed by atoms with van der Waals surface area (Å²) in [5.74, 6) is 3.48. The van der Waals surface area contributed by atoms with Gasteiger partial charge in [-0.1, -0.05) is 19.1 Å². The first-order chi connectivity index (χ1) is 11.3. The minimum atomic E-state index is 0.232. The molecule has 0 saturated carbocycles. The van der Waals surface area contributed by atoms with E-state index in [0.717, 1.165) is 35.0 Å². The van der Waals surface area contributed by atoms with Crippen LogP contribution >= 0.6 is 0 Å². The van der Waals surface area contributed by atoms with Crippen LogP contribution in [0.15, 0.2) is 36.4 Å². The van der Waals surface area contributed by atoms with Crippen molar-refractivity contribution < 1.29 is 18.9 Å². The molecule has 2 aromatic carbocycles. The highest BCUT2D eigenvalue weighted by Crippen LogP contribution is 2.43. The van der Waals surface area contributed by atoms with E-state index in [-0.39, 0.29) is 12.7 Å². The second-order valence-electron chi connectivity index (χ2n) is 5.41. The molecule has 4 heteroatoms. The summed E-state index contributed by atoms with van der Waals surface area (Å²) < 4.78 is 22.1. The lowest BCUT2D eigenvalue weighted by atomic mass is 9.88. The fourth-order valence-electron chi connectivity index (χ4n) is 2.99. The van der Waals surface area contributed by atoms with E-state index < -0.39 is 0 Å². The van der Waals surface area contributed by atoms with E-state index in [1.165, 1.54) is 5.56 Å². The highest BCUT2D eigenvalue weighted by atomic mass is 16.7. The Balaban J connectivity index is 1.97. The molecule has 1 atom stereocenters. The van der Waals surface area contributed by atoms with E-state index >= 15 is 0 Å². The lowest BCUT2D eigenvalue weighted by Gasteiger charge is -2.20. The third kappa shape index (κ3) is 3.07. The van der Waals surface area contributed by atoms with Crippen molar-refractivity contribution in [1.29, 1.82) is 0 Å². The molecule has 0 bridgehead atoms. The van der Waals surface area contributed by atoms with Crippen LogP contribution in [0.1, 0.15) is 37.3 Å². The second kappa shape index (κ2) is 6.82. The van der Waals surface area contributed by atoms with Crippen LogP contribution < -0.4 is 18.9 Å². The summed E-state index contributed by atoms with van der Waals surface area (Å²) in [6.45, 7) is 5.10. The second-order valence-corrected chi connectivity index (χ2v) is 5.41. The Bertz CT molecular complexity index is 664. The molecule has 0 amide bonds. The predicted molar refractivity (Wildman–Crippen MR) is 88.9 cm³/mol. The van der Waals surface area contributed by atoms with Gasteiger partial charge in [-0.05, 0) is 37.1 Å². The number of benzene rings is 2. The predicted octanol–water partition coefficient (Wildman–Crippen LogP) is 4.36. The number of fused-ring (bicyclic) bond motifs is 1. The van der Waals surface area contributed by atoms with Gasteiger partial charge in [0.05, 0.1) is 13.7 Å². The first kappa shape index (κ1) is 15.5. The Morgan fingerprint density at radius 1 is 1.04 bits per heavy atom. The van der Waals surface area contributed by atoms with Gasteiger partial charge in [0.2, 0.25) is 6.79 Å². The summed E-state index contributed by atoms with van der Waals surface area (Å²) >= 11 is 0. The maximum atomic E-state index is 5.58. The van der Waals surface area contributed by atoms with E-state index in [9.17, 15) is 0 Å². The molecule has 122 valence electrons. The number of hydrogen-bond donors (Lipinski definition) is 0. The molecule has 0 fully saturated rings. The van der Waals surface area contributed by atoms with E-state index in [0.29, 0.717) is 6.61 Å². The van der Waals surface area contributed by atoms with Crippen LogP contribution in [0.4, 0.5) is 0 Å². The zero-order valence-electron chi connectivity index (χ0n) is 13.8. The highest BCUT2D eigenvalue weighted by Gasteiger charge is 2.23. The van der Waals surface area contributed by atoms with E-state index in [4.69, 9.17) is 18.9 Å². The topological polar surface area (TPSA) is 36.9 Å². The standard InChI is InChI=1S/C19H22O4/c1-4-15(13-6-8-14(9-7-13)21-5-2)16-10-18-19(23-12-22-18)11-17(16)20-3/h6-11,15H,4-5,12H2,1-3H3. The van der Waals surface area contributed by atoms with Gasteiger partial charge in [-0.3, -0.25) is 0 Å². The molecule has 0 N–H and O–H groups in total. The van der Waals surface area contributed by atoms with Crippen molar-refractivity contribution >= 4 is 0 Å². The Morgan fingerprint density at radius 2 is 1.74 bits per heavy atom. The summed E-state index contributed by atoms with van der Waals surface area (Å²) in [6.07, 6.45) is 0.962. The van der Waals surface area contributed by atoms with Gasteiger partial charge in [0.15, 0.2) is 11.5 Å². The minimum absolute atomic E-state index is 0.232. The molecular formula is C19H22O4. The van der Waals surface area contributed by atoms with Crippen molar-refractivity contribution in [1.82, 2.24) is 0 Å². The molecule has 23 heavy (non-hydrogen) atoms. The highest BCUT2D eigenvalue weighted by molar-refractivity contribution is 5.55. The van der Waals surface area contributed by atoms with E-state index in [2.05, 4.69) is 19.1 Å². The van der Waals surface area contributed by atoms with Gasteiger partial charge in [0, 0.05) is 17.5 Å². The third-order valence-corrected chi connectivity index (χ3v) is 4.10. The van der Waals surface area contributed by atoms with Gasteiger partial charge in [-0.2, -0.15) is 0 Å². The summed E-state index contributed by atoms with van der Waals surface area (Å²) in [5, 5.41) is 0. The zero-order valence-corrected chi connectivity index (χ0v) is 13.8. The maximum Gasteiger partial charge on any atom is 0.231 e. The van der Waals surface area contributed by atoms with Crippen molar-refractivity contribution in [2.24, 2.45) is 0 Å². The van der Waals surface area contributed by atoms with E-state index in [1.54, 1.807) is 7.11 Å². The molecule has 1 heterocycles. The Hall–Kier alpha value is -2.36. The van der Waals surface area contributed by atoms with Crippen molar-refractivity contribution in [3.8, 4) is 23.0 Å². The van der Waals surface area contributed by atoms with Crippen molar-refractivity contribution in [2.45, 2.75) is 26.2 Å². The monoisotopic (exact) mass is 314 g/mol. The molecule has 2 aromatic rings. The van der Waals surface area contributed by atoms with Crippen LogP contribution in [0.3, 0.4) is 0 Å². The normalized spacial score (nSPS) is 13.7. The molecule has 0 spiro atoms. The van der Waals surface area contributed by atoms with Crippen LogP contribution in [0.2, 0.25) is 0 Å². The summed E-state index contributed by atoms with van der Waals surface area (Å²) in [5.41, 5.74) is 2.34. The van der Waals surface area contributed by atoms with E-state index in [1.807, 2.05) is 31.2 Å². The van der Waals surface area contributed by atoms with Gasteiger partial charge < -0.3 is 18.9 Å².